The van der Waals surface area contributed by atoms with Gasteiger partial charge in [-0.3, -0.25) is 4.90 Å². The number of benzene rings is 2. The predicted molar refractivity (Wildman–Crippen MR) is 107 cm³/mol. The molecule has 0 aliphatic heterocycles. The number of nitrogens with zero attached hydrogens (tertiary/aromatic N) is 2. The number of aryl methyl sites for hydroxylation is 1. The summed E-state index contributed by atoms with van der Waals surface area (Å²) in [5, 5.41) is 12.0. The predicted octanol–water partition coefficient (Wildman–Crippen LogP) is 4.48. The average molecular weight is 348 g/mol. The van der Waals surface area contributed by atoms with Gasteiger partial charge in [0.05, 0.1) is 6.10 Å². The fourth-order valence-corrected chi connectivity index (χ4v) is 4.40. The van der Waals surface area contributed by atoms with Crippen molar-refractivity contribution in [1.82, 2.24) is 9.47 Å². The lowest BCUT2D eigenvalue weighted by atomic mass is 9.90. The number of hydrogen-bond donors (Lipinski definition) is 1. The summed E-state index contributed by atoms with van der Waals surface area (Å²) in [5.74, 6) is 0. The van der Waals surface area contributed by atoms with Gasteiger partial charge in [0, 0.05) is 43.3 Å². The standard InChI is InChI=1S/C23H28N2O/c1-24-16-19(20-11-5-6-12-21(20)24)17-25(15-18-9-3-2-4-10-18)22-13-7-8-14-23(22)26/h2-6,9-12,16,22-23,26H,7-8,13-15,17H2,1H3/t22-,23+/m1/s1. The van der Waals surface area contributed by atoms with Crippen LogP contribution in [0.5, 0.6) is 0 Å². The minimum atomic E-state index is -0.220. The topological polar surface area (TPSA) is 28.4 Å². The molecule has 0 spiro atoms. The van der Waals surface area contributed by atoms with Crippen molar-refractivity contribution in [3.8, 4) is 0 Å². The number of rotatable bonds is 5. The van der Waals surface area contributed by atoms with Gasteiger partial charge in [0.25, 0.3) is 0 Å². The Bertz CT molecular complexity index is 855. The third kappa shape index (κ3) is 3.55. The van der Waals surface area contributed by atoms with Crippen molar-refractivity contribution >= 4 is 10.9 Å². The molecule has 0 bridgehead atoms. The summed E-state index contributed by atoms with van der Waals surface area (Å²) < 4.78 is 2.21. The highest BCUT2D eigenvalue weighted by Crippen LogP contribution is 2.28. The van der Waals surface area contributed by atoms with Gasteiger partial charge in [-0.2, -0.15) is 0 Å². The molecule has 2 atom stereocenters. The van der Waals surface area contributed by atoms with Gasteiger partial charge >= 0.3 is 0 Å². The highest BCUT2D eigenvalue weighted by molar-refractivity contribution is 5.83. The van der Waals surface area contributed by atoms with Gasteiger partial charge in [-0.25, -0.2) is 0 Å². The molecule has 3 heteroatoms. The lowest BCUT2D eigenvalue weighted by Crippen LogP contribution is -2.44. The summed E-state index contributed by atoms with van der Waals surface area (Å²) in [6.45, 7) is 1.75. The summed E-state index contributed by atoms with van der Waals surface area (Å²) in [6.07, 6.45) is 6.39. The van der Waals surface area contributed by atoms with Crippen LogP contribution in [0, 0.1) is 0 Å². The number of fused-ring (bicyclic) bond motifs is 1. The number of aromatic nitrogens is 1. The van der Waals surface area contributed by atoms with Crippen LogP contribution >= 0.6 is 0 Å². The van der Waals surface area contributed by atoms with Crippen LogP contribution < -0.4 is 0 Å². The van der Waals surface area contributed by atoms with Gasteiger partial charge in [0.1, 0.15) is 0 Å². The lowest BCUT2D eigenvalue weighted by Gasteiger charge is -2.37. The van der Waals surface area contributed by atoms with Gasteiger partial charge in [-0.05, 0) is 30.0 Å². The molecule has 1 heterocycles. The average Bonchev–Trinajstić information content (AvgIpc) is 2.99. The molecule has 0 radical (unpaired) electrons. The maximum atomic E-state index is 10.7. The third-order valence-corrected chi connectivity index (χ3v) is 5.74. The summed E-state index contributed by atoms with van der Waals surface area (Å²) in [4.78, 5) is 2.49. The molecule has 136 valence electrons. The Morgan fingerprint density at radius 2 is 1.69 bits per heavy atom. The zero-order chi connectivity index (χ0) is 17.9. The largest absolute Gasteiger partial charge is 0.391 e. The second-order valence-electron chi connectivity index (χ2n) is 7.59. The van der Waals surface area contributed by atoms with Crippen molar-refractivity contribution < 1.29 is 5.11 Å². The van der Waals surface area contributed by atoms with E-state index < -0.39 is 0 Å². The SMILES string of the molecule is Cn1cc(CN(Cc2ccccc2)[C@@H]2CCCC[C@@H]2O)c2ccccc21. The maximum absolute atomic E-state index is 10.7. The molecule has 1 fully saturated rings. The van der Waals surface area contributed by atoms with Crippen molar-refractivity contribution in [1.29, 1.82) is 0 Å². The molecule has 0 saturated heterocycles. The van der Waals surface area contributed by atoms with Crippen molar-refractivity contribution in [3.63, 3.8) is 0 Å². The highest BCUT2D eigenvalue weighted by Gasteiger charge is 2.29. The molecule has 4 rings (SSSR count). The second kappa shape index (κ2) is 7.65. The Labute approximate surface area is 155 Å². The molecule has 1 aromatic heterocycles. The molecular formula is C23H28N2O. The molecule has 1 aliphatic carbocycles. The maximum Gasteiger partial charge on any atom is 0.0695 e. The van der Waals surface area contributed by atoms with Gasteiger partial charge in [0.2, 0.25) is 0 Å². The first-order valence-electron chi connectivity index (χ1n) is 9.71. The van der Waals surface area contributed by atoms with E-state index in [9.17, 15) is 5.11 Å². The van der Waals surface area contributed by atoms with E-state index in [0.29, 0.717) is 0 Å². The van der Waals surface area contributed by atoms with Crippen LogP contribution in [-0.4, -0.2) is 26.7 Å². The summed E-state index contributed by atoms with van der Waals surface area (Å²) in [5.41, 5.74) is 3.92. The molecule has 0 unspecified atom stereocenters. The molecule has 0 amide bonds. The molecular weight excluding hydrogens is 320 g/mol. The van der Waals surface area contributed by atoms with Crippen LogP contribution in [0.1, 0.15) is 36.8 Å². The van der Waals surface area contributed by atoms with E-state index in [-0.39, 0.29) is 12.1 Å². The number of aliphatic hydroxyl groups excluding tert-OH is 1. The minimum absolute atomic E-state index is 0.220. The molecule has 1 N–H and O–H groups in total. The fourth-order valence-electron chi connectivity index (χ4n) is 4.40. The van der Waals surface area contributed by atoms with E-state index in [4.69, 9.17) is 0 Å². The lowest BCUT2D eigenvalue weighted by molar-refractivity contribution is 0.0116. The van der Waals surface area contributed by atoms with Crippen LogP contribution in [0.3, 0.4) is 0 Å². The Morgan fingerprint density at radius 1 is 0.962 bits per heavy atom. The second-order valence-corrected chi connectivity index (χ2v) is 7.59. The normalized spacial score (nSPS) is 20.7. The summed E-state index contributed by atoms with van der Waals surface area (Å²) in [6, 6.07) is 19.5. The van der Waals surface area contributed by atoms with Crippen LogP contribution in [-0.2, 0) is 20.1 Å². The molecule has 1 saturated carbocycles. The van der Waals surface area contributed by atoms with E-state index >= 15 is 0 Å². The van der Waals surface area contributed by atoms with E-state index in [1.54, 1.807) is 0 Å². The first kappa shape index (κ1) is 17.3. The zero-order valence-corrected chi connectivity index (χ0v) is 15.5. The van der Waals surface area contributed by atoms with Gasteiger partial charge < -0.3 is 9.67 Å². The molecule has 1 aliphatic rings. The van der Waals surface area contributed by atoms with Gasteiger partial charge in [-0.1, -0.05) is 61.4 Å². The molecule has 3 nitrogen and oxygen atoms in total. The first-order chi connectivity index (χ1) is 12.7. The van der Waals surface area contributed by atoms with E-state index in [1.165, 1.54) is 28.5 Å². The van der Waals surface area contributed by atoms with Crippen LogP contribution in [0.2, 0.25) is 0 Å². The fraction of sp³-hybridized carbons (Fsp3) is 0.391. The Kier molecular flexibility index (Phi) is 5.09. The third-order valence-electron chi connectivity index (χ3n) is 5.74. The molecule has 2 aromatic carbocycles. The van der Waals surface area contributed by atoms with Crippen molar-refractivity contribution in [2.45, 2.75) is 50.9 Å². The van der Waals surface area contributed by atoms with Crippen molar-refractivity contribution in [2.75, 3.05) is 0 Å². The highest BCUT2D eigenvalue weighted by atomic mass is 16.3. The number of para-hydroxylation sites is 1. The van der Waals surface area contributed by atoms with Crippen LogP contribution in [0.4, 0.5) is 0 Å². The van der Waals surface area contributed by atoms with E-state index in [1.807, 2.05) is 0 Å². The molecule has 3 aromatic rings. The summed E-state index contributed by atoms with van der Waals surface area (Å²) in [7, 11) is 2.11. The van der Waals surface area contributed by atoms with Crippen molar-refractivity contribution in [3.05, 3.63) is 71.9 Å². The van der Waals surface area contributed by atoms with E-state index in [0.717, 1.165) is 32.4 Å². The summed E-state index contributed by atoms with van der Waals surface area (Å²) >= 11 is 0. The molecule has 26 heavy (non-hydrogen) atoms. The zero-order valence-electron chi connectivity index (χ0n) is 15.5. The number of aliphatic hydroxyl groups is 1. The van der Waals surface area contributed by atoms with E-state index in [2.05, 4.69) is 77.3 Å². The van der Waals surface area contributed by atoms with Crippen LogP contribution in [0.15, 0.2) is 60.8 Å². The van der Waals surface area contributed by atoms with Gasteiger partial charge in [0.15, 0.2) is 0 Å². The number of hydrogen-bond acceptors (Lipinski definition) is 2. The Hall–Kier alpha value is -2.10. The van der Waals surface area contributed by atoms with Crippen LogP contribution in [0.25, 0.3) is 10.9 Å². The monoisotopic (exact) mass is 348 g/mol. The van der Waals surface area contributed by atoms with Crippen molar-refractivity contribution in [2.24, 2.45) is 7.05 Å². The smallest absolute Gasteiger partial charge is 0.0695 e. The first-order valence-corrected chi connectivity index (χ1v) is 9.71. The Balaban J connectivity index is 1.65. The minimum Gasteiger partial charge on any atom is -0.391 e. The quantitative estimate of drug-likeness (QED) is 0.736. The van der Waals surface area contributed by atoms with Gasteiger partial charge in [-0.15, -0.1) is 0 Å². The Morgan fingerprint density at radius 3 is 2.50 bits per heavy atom.